The molecule has 0 saturated heterocycles. The molecule has 104 valence electrons. The van der Waals surface area contributed by atoms with Crippen LogP contribution in [0.1, 0.15) is 17.5 Å². The highest BCUT2D eigenvalue weighted by Crippen LogP contribution is 2.31. The fourth-order valence-electron chi connectivity index (χ4n) is 2.73. The normalized spacial score (nSPS) is 13.3. The number of rotatable bonds is 3. The lowest BCUT2D eigenvalue weighted by atomic mass is 10.0. The molecule has 0 aliphatic heterocycles. The van der Waals surface area contributed by atoms with Gasteiger partial charge in [-0.05, 0) is 30.4 Å². The van der Waals surface area contributed by atoms with Crippen LogP contribution in [0.2, 0.25) is 0 Å². The van der Waals surface area contributed by atoms with E-state index in [1.807, 2.05) is 18.1 Å². The fourth-order valence-corrected chi connectivity index (χ4v) is 2.73. The van der Waals surface area contributed by atoms with Crippen molar-refractivity contribution < 1.29 is 0 Å². The summed E-state index contributed by atoms with van der Waals surface area (Å²) < 4.78 is 0. The zero-order chi connectivity index (χ0) is 13.9. The maximum absolute atomic E-state index is 5.61. The quantitative estimate of drug-likeness (QED) is 0.925. The van der Waals surface area contributed by atoms with Crippen molar-refractivity contribution in [2.45, 2.75) is 19.3 Å². The van der Waals surface area contributed by atoms with E-state index in [0.29, 0.717) is 6.54 Å². The van der Waals surface area contributed by atoms with E-state index in [4.69, 9.17) is 10.7 Å². The maximum atomic E-state index is 5.61. The van der Waals surface area contributed by atoms with Crippen molar-refractivity contribution in [3.05, 3.63) is 41.6 Å². The maximum Gasteiger partial charge on any atom is 0.225 e. The van der Waals surface area contributed by atoms with Gasteiger partial charge in [0, 0.05) is 31.9 Å². The average Bonchev–Trinajstić information content (AvgIpc) is 2.66. The van der Waals surface area contributed by atoms with Crippen LogP contribution in [-0.2, 0) is 12.8 Å². The van der Waals surface area contributed by atoms with E-state index in [2.05, 4.69) is 29.2 Å². The van der Waals surface area contributed by atoms with E-state index in [0.717, 1.165) is 37.4 Å². The topological polar surface area (TPSA) is 55.0 Å². The standard InChI is InChI=1S/C16H20N4/c1-20(10-9-17)16-18-11-13-7-4-6-12-5-2-3-8-14(12)15(13)19-16/h2-3,5,8,11H,4,6-7,9-10,17H2,1H3. The van der Waals surface area contributed by atoms with Crippen molar-refractivity contribution in [1.29, 1.82) is 0 Å². The fraction of sp³-hybridized carbons (Fsp3) is 0.375. The first-order chi connectivity index (χ1) is 9.79. The summed E-state index contributed by atoms with van der Waals surface area (Å²) in [7, 11) is 1.98. The van der Waals surface area contributed by atoms with Crippen molar-refractivity contribution in [1.82, 2.24) is 9.97 Å². The molecule has 4 heteroatoms. The van der Waals surface area contributed by atoms with Gasteiger partial charge in [-0.15, -0.1) is 0 Å². The largest absolute Gasteiger partial charge is 0.343 e. The number of nitrogens with two attached hydrogens (primary N) is 1. The van der Waals surface area contributed by atoms with Gasteiger partial charge in [-0.25, -0.2) is 9.97 Å². The van der Waals surface area contributed by atoms with Crippen molar-refractivity contribution in [2.24, 2.45) is 5.73 Å². The van der Waals surface area contributed by atoms with Crippen molar-refractivity contribution in [3.8, 4) is 11.3 Å². The number of likely N-dealkylation sites (N-methyl/N-ethyl adjacent to an activating group) is 1. The highest BCUT2D eigenvalue weighted by molar-refractivity contribution is 5.68. The molecule has 20 heavy (non-hydrogen) atoms. The van der Waals surface area contributed by atoms with Gasteiger partial charge in [0.25, 0.3) is 0 Å². The summed E-state index contributed by atoms with van der Waals surface area (Å²) in [5.41, 5.74) is 10.6. The minimum absolute atomic E-state index is 0.605. The number of anilines is 1. The molecule has 1 aliphatic carbocycles. The Morgan fingerprint density at radius 1 is 1.20 bits per heavy atom. The molecule has 0 amide bonds. The summed E-state index contributed by atoms with van der Waals surface area (Å²) in [5, 5.41) is 0. The molecule has 0 bridgehead atoms. The molecule has 1 aliphatic rings. The van der Waals surface area contributed by atoms with Gasteiger partial charge >= 0.3 is 0 Å². The number of fused-ring (bicyclic) bond motifs is 3. The summed E-state index contributed by atoms with van der Waals surface area (Å²) >= 11 is 0. The monoisotopic (exact) mass is 268 g/mol. The van der Waals surface area contributed by atoms with Crippen LogP contribution in [0.4, 0.5) is 5.95 Å². The van der Waals surface area contributed by atoms with Gasteiger partial charge in [0.15, 0.2) is 0 Å². The van der Waals surface area contributed by atoms with Gasteiger partial charge in [0.05, 0.1) is 5.69 Å². The molecule has 0 saturated carbocycles. The molecule has 1 heterocycles. The number of nitrogens with zero attached hydrogens (tertiary/aromatic N) is 3. The first kappa shape index (κ1) is 13.1. The Morgan fingerprint density at radius 3 is 2.85 bits per heavy atom. The Bertz CT molecular complexity index is 609. The molecule has 0 spiro atoms. The third-order valence-corrected chi connectivity index (χ3v) is 3.82. The SMILES string of the molecule is CN(CCN)c1ncc2c(n1)-c1ccccc1CCC2. The Kier molecular flexibility index (Phi) is 3.65. The molecule has 2 N–H and O–H groups in total. The second-order valence-electron chi connectivity index (χ2n) is 5.26. The number of benzene rings is 1. The minimum atomic E-state index is 0.605. The van der Waals surface area contributed by atoms with Crippen molar-refractivity contribution in [2.75, 3.05) is 25.0 Å². The van der Waals surface area contributed by atoms with Crippen LogP contribution in [0.25, 0.3) is 11.3 Å². The van der Waals surface area contributed by atoms with Crippen LogP contribution in [0, 0.1) is 0 Å². The zero-order valence-corrected chi connectivity index (χ0v) is 11.8. The van der Waals surface area contributed by atoms with Crippen molar-refractivity contribution >= 4 is 5.95 Å². The van der Waals surface area contributed by atoms with Gasteiger partial charge < -0.3 is 10.6 Å². The number of aryl methyl sites for hydroxylation is 2. The number of hydrogen-bond donors (Lipinski definition) is 1. The molecule has 0 atom stereocenters. The molecule has 1 aromatic carbocycles. The molecular formula is C16H20N4. The van der Waals surface area contributed by atoms with Crippen LogP contribution in [0.3, 0.4) is 0 Å². The average molecular weight is 268 g/mol. The Labute approximate surface area is 119 Å². The van der Waals surface area contributed by atoms with Gasteiger partial charge in [0.1, 0.15) is 0 Å². The molecule has 3 rings (SSSR count). The third kappa shape index (κ3) is 2.39. The van der Waals surface area contributed by atoms with Gasteiger partial charge in [-0.2, -0.15) is 0 Å². The van der Waals surface area contributed by atoms with Crippen LogP contribution < -0.4 is 10.6 Å². The third-order valence-electron chi connectivity index (χ3n) is 3.82. The highest BCUT2D eigenvalue weighted by Gasteiger charge is 2.17. The first-order valence-corrected chi connectivity index (χ1v) is 7.15. The summed E-state index contributed by atoms with van der Waals surface area (Å²) in [4.78, 5) is 11.3. The second kappa shape index (κ2) is 5.59. The van der Waals surface area contributed by atoms with Crippen LogP contribution >= 0.6 is 0 Å². The minimum Gasteiger partial charge on any atom is -0.343 e. The molecule has 0 fully saturated rings. The summed E-state index contributed by atoms with van der Waals surface area (Å²) in [5.74, 6) is 0.755. The van der Waals surface area contributed by atoms with Gasteiger partial charge in [-0.1, -0.05) is 24.3 Å². The number of aromatic nitrogens is 2. The Morgan fingerprint density at radius 2 is 2.00 bits per heavy atom. The molecule has 4 nitrogen and oxygen atoms in total. The van der Waals surface area contributed by atoms with Crippen LogP contribution in [0.5, 0.6) is 0 Å². The van der Waals surface area contributed by atoms with E-state index in [9.17, 15) is 0 Å². The first-order valence-electron chi connectivity index (χ1n) is 7.15. The molecule has 0 radical (unpaired) electrons. The van der Waals surface area contributed by atoms with E-state index in [1.54, 1.807) is 0 Å². The predicted octanol–water partition coefficient (Wildman–Crippen LogP) is 2.03. The molecule has 1 aromatic heterocycles. The molecular weight excluding hydrogens is 248 g/mol. The lowest BCUT2D eigenvalue weighted by Gasteiger charge is -2.17. The molecule has 2 aromatic rings. The van der Waals surface area contributed by atoms with E-state index >= 15 is 0 Å². The zero-order valence-electron chi connectivity index (χ0n) is 11.8. The predicted molar refractivity (Wildman–Crippen MR) is 81.8 cm³/mol. The Balaban J connectivity index is 2.08. The van der Waals surface area contributed by atoms with Gasteiger partial charge in [-0.3, -0.25) is 0 Å². The van der Waals surface area contributed by atoms with E-state index < -0.39 is 0 Å². The lowest BCUT2D eigenvalue weighted by molar-refractivity contribution is 0.818. The van der Waals surface area contributed by atoms with Crippen molar-refractivity contribution in [3.63, 3.8) is 0 Å². The summed E-state index contributed by atoms with van der Waals surface area (Å²) in [6.45, 7) is 1.37. The van der Waals surface area contributed by atoms with Crippen LogP contribution in [-0.4, -0.2) is 30.1 Å². The summed E-state index contributed by atoms with van der Waals surface area (Å²) in [6, 6.07) is 8.56. The van der Waals surface area contributed by atoms with Gasteiger partial charge in [0.2, 0.25) is 5.95 Å². The summed E-state index contributed by atoms with van der Waals surface area (Å²) in [6.07, 6.45) is 5.30. The number of hydrogen-bond acceptors (Lipinski definition) is 4. The highest BCUT2D eigenvalue weighted by atomic mass is 15.2. The lowest BCUT2D eigenvalue weighted by Crippen LogP contribution is -2.26. The second-order valence-corrected chi connectivity index (χ2v) is 5.26. The molecule has 0 unspecified atom stereocenters. The van der Waals surface area contributed by atoms with Crippen LogP contribution in [0.15, 0.2) is 30.5 Å². The smallest absolute Gasteiger partial charge is 0.225 e. The van der Waals surface area contributed by atoms with E-state index in [1.165, 1.54) is 16.7 Å². The Hall–Kier alpha value is -1.94. The van der Waals surface area contributed by atoms with E-state index in [-0.39, 0.29) is 0 Å².